The molecule has 132 valence electrons. The van der Waals surface area contributed by atoms with E-state index in [0.29, 0.717) is 19.0 Å². The third kappa shape index (κ3) is 4.47. The van der Waals surface area contributed by atoms with Gasteiger partial charge in [-0.25, -0.2) is 0 Å². The van der Waals surface area contributed by atoms with Crippen molar-refractivity contribution in [1.29, 1.82) is 0 Å². The van der Waals surface area contributed by atoms with Gasteiger partial charge >= 0.3 is 0 Å². The highest BCUT2D eigenvalue weighted by Crippen LogP contribution is 2.19. The molecule has 0 saturated carbocycles. The molecule has 0 bridgehead atoms. The Morgan fingerprint density at radius 1 is 1.12 bits per heavy atom. The van der Waals surface area contributed by atoms with Crippen molar-refractivity contribution in [2.45, 2.75) is 19.8 Å². The van der Waals surface area contributed by atoms with Gasteiger partial charge in [0.25, 0.3) is 5.91 Å². The average molecular weight is 340 g/mol. The average Bonchev–Trinajstić information content (AvgIpc) is 2.67. The Morgan fingerprint density at radius 3 is 2.44 bits per heavy atom. The standard InChI is InChI=1S/C19H24N4O2/c1-15(2)16-5-7-17(8-6-16)25-14-19(24)23-12-10-22(11-13-23)18-4-3-9-20-21-18/h3-9,15H,10-14H2,1-2H3. The van der Waals surface area contributed by atoms with Crippen molar-refractivity contribution >= 4 is 11.7 Å². The first kappa shape index (κ1) is 17.2. The van der Waals surface area contributed by atoms with Crippen molar-refractivity contribution in [3.8, 4) is 5.75 Å². The summed E-state index contributed by atoms with van der Waals surface area (Å²) >= 11 is 0. The topological polar surface area (TPSA) is 58.6 Å². The highest BCUT2D eigenvalue weighted by atomic mass is 16.5. The summed E-state index contributed by atoms with van der Waals surface area (Å²) < 4.78 is 5.64. The number of hydrogen-bond donors (Lipinski definition) is 0. The van der Waals surface area contributed by atoms with Gasteiger partial charge in [0, 0.05) is 32.4 Å². The molecule has 0 aliphatic carbocycles. The Balaban J connectivity index is 1.46. The van der Waals surface area contributed by atoms with Crippen LogP contribution in [0, 0.1) is 0 Å². The second-order valence-corrected chi connectivity index (χ2v) is 6.46. The zero-order valence-electron chi connectivity index (χ0n) is 14.8. The molecule has 2 aromatic rings. The Labute approximate surface area is 148 Å². The van der Waals surface area contributed by atoms with E-state index in [1.165, 1.54) is 5.56 Å². The van der Waals surface area contributed by atoms with E-state index in [2.05, 4.69) is 28.9 Å². The fourth-order valence-electron chi connectivity index (χ4n) is 2.83. The van der Waals surface area contributed by atoms with E-state index in [0.717, 1.165) is 24.7 Å². The van der Waals surface area contributed by atoms with E-state index >= 15 is 0 Å². The molecule has 1 aromatic heterocycles. The SMILES string of the molecule is CC(C)c1ccc(OCC(=O)N2CCN(c3cccnn3)CC2)cc1. The van der Waals surface area contributed by atoms with Crippen LogP contribution in [-0.4, -0.2) is 53.8 Å². The first-order valence-electron chi connectivity index (χ1n) is 8.66. The van der Waals surface area contributed by atoms with Gasteiger partial charge in [0.2, 0.25) is 0 Å². The van der Waals surface area contributed by atoms with Crippen molar-refractivity contribution in [3.05, 3.63) is 48.2 Å². The van der Waals surface area contributed by atoms with Crippen molar-refractivity contribution < 1.29 is 9.53 Å². The van der Waals surface area contributed by atoms with Gasteiger partial charge in [-0.1, -0.05) is 26.0 Å². The van der Waals surface area contributed by atoms with E-state index in [4.69, 9.17) is 4.74 Å². The van der Waals surface area contributed by atoms with Gasteiger partial charge in [0.1, 0.15) is 5.75 Å². The third-order valence-electron chi connectivity index (χ3n) is 4.42. The largest absolute Gasteiger partial charge is 0.484 e. The van der Waals surface area contributed by atoms with Crippen LogP contribution < -0.4 is 9.64 Å². The molecular formula is C19H24N4O2. The van der Waals surface area contributed by atoms with E-state index in [9.17, 15) is 4.79 Å². The smallest absolute Gasteiger partial charge is 0.260 e. The number of aromatic nitrogens is 2. The number of rotatable bonds is 5. The van der Waals surface area contributed by atoms with Gasteiger partial charge in [-0.15, -0.1) is 5.10 Å². The van der Waals surface area contributed by atoms with Gasteiger partial charge in [-0.3, -0.25) is 4.79 Å². The minimum absolute atomic E-state index is 0.0201. The summed E-state index contributed by atoms with van der Waals surface area (Å²) in [4.78, 5) is 16.3. The fourth-order valence-corrected chi connectivity index (χ4v) is 2.83. The molecule has 1 aliphatic heterocycles. The second-order valence-electron chi connectivity index (χ2n) is 6.46. The van der Waals surface area contributed by atoms with Crippen LogP contribution >= 0.6 is 0 Å². The molecule has 1 aromatic carbocycles. The second kappa shape index (κ2) is 7.96. The number of anilines is 1. The van der Waals surface area contributed by atoms with Crippen molar-refractivity contribution in [1.82, 2.24) is 15.1 Å². The van der Waals surface area contributed by atoms with Crippen LogP contribution in [0.15, 0.2) is 42.6 Å². The summed E-state index contributed by atoms with van der Waals surface area (Å²) in [7, 11) is 0. The molecule has 0 radical (unpaired) electrons. The number of carbonyl (C=O) groups excluding carboxylic acids is 1. The zero-order chi connectivity index (χ0) is 17.6. The summed E-state index contributed by atoms with van der Waals surface area (Å²) in [5.74, 6) is 2.10. The Hall–Kier alpha value is -2.63. The quantitative estimate of drug-likeness (QED) is 0.836. The Kier molecular flexibility index (Phi) is 5.48. The van der Waals surface area contributed by atoms with E-state index < -0.39 is 0 Å². The molecule has 25 heavy (non-hydrogen) atoms. The number of nitrogens with zero attached hydrogens (tertiary/aromatic N) is 4. The maximum Gasteiger partial charge on any atom is 0.260 e. The Bertz CT molecular complexity index is 680. The summed E-state index contributed by atoms with van der Waals surface area (Å²) in [6.45, 7) is 7.24. The van der Waals surface area contributed by atoms with Crippen LogP contribution in [0.2, 0.25) is 0 Å². The molecule has 6 heteroatoms. The van der Waals surface area contributed by atoms with Crippen molar-refractivity contribution in [2.75, 3.05) is 37.7 Å². The number of piperazine rings is 1. The molecule has 0 atom stereocenters. The lowest BCUT2D eigenvalue weighted by Crippen LogP contribution is -2.50. The van der Waals surface area contributed by atoms with Crippen LogP contribution in [0.25, 0.3) is 0 Å². The molecule has 1 fully saturated rings. The summed E-state index contributed by atoms with van der Waals surface area (Å²) in [5, 5.41) is 8.02. The maximum absolute atomic E-state index is 12.3. The third-order valence-corrected chi connectivity index (χ3v) is 4.42. The van der Waals surface area contributed by atoms with Crippen LogP contribution in [-0.2, 0) is 4.79 Å². The van der Waals surface area contributed by atoms with Crippen LogP contribution in [0.1, 0.15) is 25.3 Å². The minimum Gasteiger partial charge on any atom is -0.484 e. The Morgan fingerprint density at radius 2 is 1.84 bits per heavy atom. The first-order valence-corrected chi connectivity index (χ1v) is 8.66. The van der Waals surface area contributed by atoms with Gasteiger partial charge < -0.3 is 14.5 Å². The monoisotopic (exact) mass is 340 g/mol. The molecule has 0 spiro atoms. The summed E-state index contributed by atoms with van der Waals surface area (Å²) in [6.07, 6.45) is 1.66. The fraction of sp³-hybridized carbons (Fsp3) is 0.421. The van der Waals surface area contributed by atoms with Crippen molar-refractivity contribution in [2.24, 2.45) is 0 Å². The van der Waals surface area contributed by atoms with Crippen molar-refractivity contribution in [3.63, 3.8) is 0 Å². The molecule has 1 amide bonds. The normalized spacial score (nSPS) is 14.7. The number of amides is 1. The number of hydrogen-bond acceptors (Lipinski definition) is 5. The highest BCUT2D eigenvalue weighted by molar-refractivity contribution is 5.78. The van der Waals surface area contributed by atoms with E-state index in [-0.39, 0.29) is 12.5 Å². The molecule has 0 unspecified atom stereocenters. The number of benzene rings is 1. The van der Waals surface area contributed by atoms with E-state index in [1.807, 2.05) is 41.3 Å². The molecule has 6 nitrogen and oxygen atoms in total. The van der Waals surface area contributed by atoms with Gasteiger partial charge in [0.05, 0.1) is 0 Å². The van der Waals surface area contributed by atoms with Crippen LogP contribution in [0.4, 0.5) is 5.82 Å². The summed E-state index contributed by atoms with van der Waals surface area (Å²) in [6, 6.07) is 11.8. The highest BCUT2D eigenvalue weighted by Gasteiger charge is 2.22. The van der Waals surface area contributed by atoms with E-state index in [1.54, 1.807) is 6.20 Å². The number of carbonyl (C=O) groups is 1. The lowest BCUT2D eigenvalue weighted by Gasteiger charge is -2.35. The molecule has 1 aliphatic rings. The molecule has 2 heterocycles. The lowest BCUT2D eigenvalue weighted by molar-refractivity contribution is -0.133. The first-order chi connectivity index (χ1) is 12.1. The predicted molar refractivity (Wildman–Crippen MR) is 96.9 cm³/mol. The molecular weight excluding hydrogens is 316 g/mol. The van der Waals surface area contributed by atoms with Gasteiger partial charge in [0.15, 0.2) is 12.4 Å². The summed E-state index contributed by atoms with van der Waals surface area (Å²) in [5.41, 5.74) is 1.26. The number of ether oxygens (including phenoxy) is 1. The van der Waals surface area contributed by atoms with Gasteiger partial charge in [-0.05, 0) is 35.7 Å². The van der Waals surface area contributed by atoms with Gasteiger partial charge in [-0.2, -0.15) is 5.10 Å². The molecule has 0 N–H and O–H groups in total. The maximum atomic E-state index is 12.3. The predicted octanol–water partition coefficient (Wildman–Crippen LogP) is 2.33. The van der Waals surface area contributed by atoms with Crippen LogP contribution in [0.3, 0.4) is 0 Å². The molecule has 1 saturated heterocycles. The van der Waals surface area contributed by atoms with Crippen LogP contribution in [0.5, 0.6) is 5.75 Å². The molecule has 3 rings (SSSR count). The lowest BCUT2D eigenvalue weighted by atomic mass is 10.0. The zero-order valence-corrected chi connectivity index (χ0v) is 14.8. The minimum atomic E-state index is 0.0201.